The first-order valence-electron chi connectivity index (χ1n) is 22.0. The fraction of sp³-hybridized carbons (Fsp3) is 0.182. The van der Waals surface area contributed by atoms with Crippen LogP contribution in [0.2, 0.25) is 0 Å². The fourth-order valence-electron chi connectivity index (χ4n) is 9.92. The van der Waals surface area contributed by atoms with Crippen molar-refractivity contribution >= 4 is 71.6 Å². The standard InChI is InChI=1S/C55H47N7O/c1-32(2)37-17-14-18-38(33(3)4)52(37)34-30-57-59(31-34)36-26-42-40-16-9-13-22-50(40)63-53(42)49(27-36)62-48-29-46-41(28-47(48)61-45-21-12-10-19-43(45)58-54(61)62)39-15-8-11-20-44(39)60(46)51-25-35(23-24-56-51)55(5,6)7/h8-33H,1-7H3. The molecule has 0 bridgehead atoms. The van der Waals surface area contributed by atoms with E-state index >= 15 is 0 Å². The molecule has 8 nitrogen and oxygen atoms in total. The molecular formula is C55H47N7O. The first kappa shape index (κ1) is 37.3. The predicted octanol–water partition coefficient (Wildman–Crippen LogP) is 14.2. The molecule has 0 spiro atoms. The monoisotopic (exact) mass is 821 g/mol. The second kappa shape index (κ2) is 13.5. The lowest BCUT2D eigenvalue weighted by molar-refractivity contribution is 0.588. The molecule has 12 aromatic rings. The number of hydrogen-bond acceptors (Lipinski definition) is 4. The minimum Gasteiger partial charge on any atom is -0.454 e. The van der Waals surface area contributed by atoms with Gasteiger partial charge in [-0.15, -0.1) is 0 Å². The van der Waals surface area contributed by atoms with Crippen molar-refractivity contribution in [2.24, 2.45) is 0 Å². The molecule has 0 atom stereocenters. The Hall–Kier alpha value is -7.45. The van der Waals surface area contributed by atoms with Crippen LogP contribution in [0.5, 0.6) is 0 Å². The van der Waals surface area contributed by atoms with E-state index in [1.54, 1.807) is 0 Å². The molecule has 6 aromatic heterocycles. The summed E-state index contributed by atoms with van der Waals surface area (Å²) in [7, 11) is 0. The van der Waals surface area contributed by atoms with Crippen LogP contribution in [0.3, 0.4) is 0 Å². The van der Waals surface area contributed by atoms with Gasteiger partial charge in [-0.3, -0.25) is 13.5 Å². The zero-order valence-electron chi connectivity index (χ0n) is 36.5. The van der Waals surface area contributed by atoms with Crippen LogP contribution < -0.4 is 0 Å². The maximum absolute atomic E-state index is 6.90. The molecule has 0 N–H and O–H groups in total. The highest BCUT2D eigenvalue weighted by molar-refractivity contribution is 6.15. The van der Waals surface area contributed by atoms with E-state index in [0.717, 1.165) is 89.0 Å². The summed E-state index contributed by atoms with van der Waals surface area (Å²) in [5.74, 6) is 2.41. The van der Waals surface area contributed by atoms with E-state index in [4.69, 9.17) is 19.5 Å². The maximum atomic E-state index is 6.90. The van der Waals surface area contributed by atoms with Crippen molar-refractivity contribution in [2.45, 2.75) is 65.7 Å². The van der Waals surface area contributed by atoms with Gasteiger partial charge in [0.1, 0.15) is 11.4 Å². The van der Waals surface area contributed by atoms with Crippen molar-refractivity contribution in [2.75, 3.05) is 0 Å². The minimum atomic E-state index is -0.0441. The summed E-state index contributed by atoms with van der Waals surface area (Å²) in [6.45, 7) is 15.8. The van der Waals surface area contributed by atoms with Crippen LogP contribution in [0.4, 0.5) is 0 Å². The summed E-state index contributed by atoms with van der Waals surface area (Å²) < 4.78 is 15.8. The van der Waals surface area contributed by atoms with Gasteiger partial charge in [0.25, 0.3) is 0 Å². The Morgan fingerprint density at radius 3 is 2.11 bits per heavy atom. The molecule has 0 amide bonds. The first-order valence-corrected chi connectivity index (χ1v) is 22.0. The van der Waals surface area contributed by atoms with Crippen molar-refractivity contribution in [1.82, 2.24) is 33.3 Å². The average Bonchev–Trinajstić information content (AvgIpc) is 4.11. The Bertz CT molecular complexity index is 3780. The molecule has 0 aliphatic carbocycles. The van der Waals surface area contributed by atoms with Crippen LogP contribution in [0, 0.1) is 0 Å². The molecule has 6 heterocycles. The van der Waals surface area contributed by atoms with E-state index in [-0.39, 0.29) is 5.41 Å². The van der Waals surface area contributed by atoms with Gasteiger partial charge in [0.15, 0.2) is 5.58 Å². The largest absolute Gasteiger partial charge is 0.454 e. The Balaban J connectivity index is 1.19. The highest BCUT2D eigenvalue weighted by Gasteiger charge is 2.26. The molecule has 63 heavy (non-hydrogen) atoms. The second-order valence-electron chi connectivity index (χ2n) is 18.7. The second-order valence-corrected chi connectivity index (χ2v) is 18.7. The minimum absolute atomic E-state index is 0.0441. The van der Waals surface area contributed by atoms with E-state index in [2.05, 4.69) is 190 Å². The van der Waals surface area contributed by atoms with Crippen LogP contribution in [-0.2, 0) is 5.41 Å². The summed E-state index contributed by atoms with van der Waals surface area (Å²) in [6.07, 6.45) is 6.15. The molecule has 0 fully saturated rings. The fourth-order valence-corrected chi connectivity index (χ4v) is 9.92. The molecule has 0 aliphatic heterocycles. The van der Waals surface area contributed by atoms with Crippen LogP contribution in [-0.4, -0.2) is 33.3 Å². The van der Waals surface area contributed by atoms with E-state index in [9.17, 15) is 0 Å². The van der Waals surface area contributed by atoms with Crippen molar-refractivity contribution < 1.29 is 4.42 Å². The van der Waals surface area contributed by atoms with E-state index in [1.165, 1.54) is 27.6 Å². The third-order valence-electron chi connectivity index (χ3n) is 13.0. The van der Waals surface area contributed by atoms with Crippen molar-refractivity contribution in [1.29, 1.82) is 0 Å². The van der Waals surface area contributed by atoms with Gasteiger partial charge in [-0.05, 0) is 100 Å². The van der Waals surface area contributed by atoms with Crippen molar-refractivity contribution in [3.05, 3.63) is 163 Å². The number of para-hydroxylation sites is 4. The zero-order valence-corrected chi connectivity index (χ0v) is 36.5. The Labute approximate surface area is 364 Å². The average molecular weight is 822 g/mol. The van der Waals surface area contributed by atoms with E-state index in [0.29, 0.717) is 11.8 Å². The van der Waals surface area contributed by atoms with Gasteiger partial charge in [0.05, 0.1) is 50.7 Å². The van der Waals surface area contributed by atoms with E-state index in [1.807, 2.05) is 23.1 Å². The summed E-state index contributed by atoms with van der Waals surface area (Å²) in [5.41, 5.74) is 15.8. The number of furan rings is 1. The lowest BCUT2D eigenvalue weighted by atomic mass is 9.86. The molecule has 8 heteroatoms. The normalized spacial score (nSPS) is 12.7. The van der Waals surface area contributed by atoms with Crippen LogP contribution >= 0.6 is 0 Å². The molecule has 0 saturated carbocycles. The van der Waals surface area contributed by atoms with Gasteiger partial charge in [-0.1, -0.05) is 115 Å². The van der Waals surface area contributed by atoms with Gasteiger partial charge in [0.2, 0.25) is 5.78 Å². The maximum Gasteiger partial charge on any atom is 0.220 e. The summed E-state index contributed by atoms with van der Waals surface area (Å²) in [4.78, 5) is 10.4. The van der Waals surface area contributed by atoms with Crippen LogP contribution in [0.1, 0.15) is 77.0 Å². The molecule has 12 rings (SSSR count). The lowest BCUT2D eigenvalue weighted by Crippen LogP contribution is -2.12. The number of rotatable bonds is 6. The quantitative estimate of drug-likeness (QED) is 0.167. The third kappa shape index (κ3) is 5.56. The Morgan fingerprint density at radius 1 is 0.603 bits per heavy atom. The molecular weight excluding hydrogens is 775 g/mol. The van der Waals surface area contributed by atoms with E-state index < -0.39 is 0 Å². The number of pyridine rings is 1. The lowest BCUT2D eigenvalue weighted by Gasteiger charge is -2.20. The number of nitrogens with zero attached hydrogens (tertiary/aromatic N) is 7. The smallest absolute Gasteiger partial charge is 0.220 e. The number of imidazole rings is 2. The molecule has 0 radical (unpaired) electrons. The molecule has 308 valence electrons. The topological polar surface area (TPSA) is 71.0 Å². The van der Waals surface area contributed by atoms with Gasteiger partial charge < -0.3 is 4.42 Å². The highest BCUT2D eigenvalue weighted by Crippen LogP contribution is 2.42. The Kier molecular flexibility index (Phi) is 8.01. The van der Waals surface area contributed by atoms with Crippen LogP contribution in [0.15, 0.2) is 150 Å². The van der Waals surface area contributed by atoms with Crippen molar-refractivity contribution in [3.8, 4) is 28.3 Å². The third-order valence-corrected chi connectivity index (χ3v) is 13.0. The summed E-state index contributed by atoms with van der Waals surface area (Å²) >= 11 is 0. The summed E-state index contributed by atoms with van der Waals surface area (Å²) in [5, 5.41) is 9.46. The SMILES string of the molecule is CC(C)c1cccc(C(C)C)c1-c1cnn(-c2cc(-n3c4cc5c(cc4n4c6ccccc6nc34)c3ccccc3n5-c3cc(C(C)(C)C)ccn3)c3oc4ccccc4c3c2)c1. The van der Waals surface area contributed by atoms with Crippen molar-refractivity contribution in [3.63, 3.8) is 0 Å². The molecule has 0 aliphatic rings. The van der Waals surface area contributed by atoms with Gasteiger partial charge >= 0.3 is 0 Å². The first-order chi connectivity index (χ1) is 30.5. The molecule has 0 saturated heterocycles. The summed E-state index contributed by atoms with van der Waals surface area (Å²) in [6, 6.07) is 45.5. The molecule has 6 aromatic carbocycles. The molecule has 0 unspecified atom stereocenters. The van der Waals surface area contributed by atoms with Gasteiger partial charge in [-0.2, -0.15) is 5.10 Å². The number of benzene rings is 6. The zero-order chi connectivity index (χ0) is 42.9. The van der Waals surface area contributed by atoms with Crippen LogP contribution in [0.25, 0.3) is 99.9 Å². The van der Waals surface area contributed by atoms with Gasteiger partial charge in [0, 0.05) is 39.5 Å². The number of hydrogen-bond donors (Lipinski definition) is 0. The van der Waals surface area contributed by atoms with Gasteiger partial charge in [-0.25, -0.2) is 14.6 Å². The predicted molar refractivity (Wildman–Crippen MR) is 258 cm³/mol. The Morgan fingerprint density at radius 2 is 1.33 bits per heavy atom. The number of fused-ring (bicyclic) bond motifs is 11. The number of aromatic nitrogens is 7. The highest BCUT2D eigenvalue weighted by atomic mass is 16.3.